The number of aryl methyl sites for hydroxylation is 1. The van der Waals surface area contributed by atoms with Gasteiger partial charge in [0.1, 0.15) is 0 Å². The highest BCUT2D eigenvalue weighted by molar-refractivity contribution is 5.90. The van der Waals surface area contributed by atoms with E-state index in [1.165, 1.54) is 4.68 Å². The lowest BCUT2D eigenvalue weighted by Gasteiger charge is -2.09. The lowest BCUT2D eigenvalue weighted by atomic mass is 10.0. The molecule has 1 aromatic heterocycles. The van der Waals surface area contributed by atoms with E-state index >= 15 is 0 Å². The van der Waals surface area contributed by atoms with E-state index in [1.807, 2.05) is 6.92 Å². The number of unbranched alkanes of at least 4 members (excludes halogenated alkanes) is 1. The molecule has 1 amide bonds. The normalized spacial score (nSPS) is 12.5. The van der Waals surface area contributed by atoms with Gasteiger partial charge >= 0.3 is 0 Å². The Balaban J connectivity index is 2.45. The fourth-order valence-electron chi connectivity index (χ4n) is 1.21. The number of hydrogen-bond donors (Lipinski definition) is 1. The topological polar surface area (TPSA) is 72.7 Å². The largest absolute Gasteiger partial charge is 0.293 e. The number of anilines is 1. The molecular formula is C9H17N5O. The van der Waals surface area contributed by atoms with Crippen LogP contribution in [0.2, 0.25) is 0 Å². The minimum Gasteiger partial charge on any atom is -0.293 e. The van der Waals surface area contributed by atoms with E-state index in [0.717, 1.165) is 19.3 Å². The first-order chi connectivity index (χ1) is 7.15. The second-order valence-electron chi connectivity index (χ2n) is 3.66. The van der Waals surface area contributed by atoms with Crippen LogP contribution in [0.5, 0.6) is 0 Å². The van der Waals surface area contributed by atoms with Crippen molar-refractivity contribution in [2.75, 3.05) is 5.32 Å². The van der Waals surface area contributed by atoms with Gasteiger partial charge in [-0.05, 0) is 16.8 Å². The fraction of sp³-hybridized carbons (Fsp3) is 0.778. The van der Waals surface area contributed by atoms with Gasteiger partial charge in [-0.15, -0.1) is 0 Å². The average molecular weight is 211 g/mol. The van der Waals surface area contributed by atoms with Crippen LogP contribution in [0.15, 0.2) is 0 Å². The SMILES string of the molecule is CCCCC(C)C(=O)Nc1nnnn1C. The third-order valence-corrected chi connectivity index (χ3v) is 2.29. The maximum atomic E-state index is 11.6. The molecule has 0 aliphatic rings. The van der Waals surface area contributed by atoms with Crippen LogP contribution in [0.1, 0.15) is 33.1 Å². The number of amides is 1. The fourth-order valence-corrected chi connectivity index (χ4v) is 1.21. The molecule has 1 unspecified atom stereocenters. The van der Waals surface area contributed by atoms with Gasteiger partial charge in [0.15, 0.2) is 0 Å². The molecule has 0 saturated heterocycles. The highest BCUT2D eigenvalue weighted by Crippen LogP contribution is 2.09. The second kappa shape index (κ2) is 5.43. The summed E-state index contributed by atoms with van der Waals surface area (Å²) in [7, 11) is 1.69. The maximum absolute atomic E-state index is 11.6. The van der Waals surface area contributed by atoms with Crippen molar-refractivity contribution in [2.24, 2.45) is 13.0 Å². The van der Waals surface area contributed by atoms with Gasteiger partial charge in [-0.3, -0.25) is 10.1 Å². The standard InChI is InChI=1S/C9H17N5O/c1-4-5-6-7(2)8(15)10-9-11-12-13-14(9)3/h7H,4-6H2,1-3H3,(H,10,11,13,15). The Morgan fingerprint density at radius 3 is 2.87 bits per heavy atom. The summed E-state index contributed by atoms with van der Waals surface area (Å²) < 4.78 is 1.43. The molecular weight excluding hydrogens is 194 g/mol. The highest BCUT2D eigenvalue weighted by Gasteiger charge is 2.14. The van der Waals surface area contributed by atoms with Gasteiger partial charge in [-0.25, -0.2) is 4.68 Å². The molecule has 15 heavy (non-hydrogen) atoms. The number of tetrazole rings is 1. The van der Waals surface area contributed by atoms with Gasteiger partial charge in [0.2, 0.25) is 11.9 Å². The molecule has 1 aromatic rings. The van der Waals surface area contributed by atoms with Gasteiger partial charge in [0.05, 0.1) is 0 Å². The molecule has 1 N–H and O–H groups in total. The van der Waals surface area contributed by atoms with E-state index in [-0.39, 0.29) is 11.8 Å². The van der Waals surface area contributed by atoms with Gasteiger partial charge < -0.3 is 0 Å². The van der Waals surface area contributed by atoms with Crippen LogP contribution in [0.25, 0.3) is 0 Å². The van der Waals surface area contributed by atoms with Crippen LogP contribution < -0.4 is 5.32 Å². The van der Waals surface area contributed by atoms with Crippen molar-refractivity contribution in [2.45, 2.75) is 33.1 Å². The number of carbonyl (C=O) groups excluding carboxylic acids is 1. The molecule has 0 aliphatic carbocycles. The predicted octanol–water partition coefficient (Wildman–Crippen LogP) is 0.975. The molecule has 0 radical (unpaired) electrons. The summed E-state index contributed by atoms with van der Waals surface area (Å²) >= 11 is 0. The molecule has 0 saturated carbocycles. The Kier molecular flexibility index (Phi) is 4.20. The third-order valence-electron chi connectivity index (χ3n) is 2.29. The van der Waals surface area contributed by atoms with Crippen molar-refractivity contribution in [1.82, 2.24) is 20.2 Å². The minimum absolute atomic E-state index is 0.00153. The first kappa shape index (κ1) is 11.6. The van der Waals surface area contributed by atoms with Crippen LogP contribution in [-0.4, -0.2) is 26.1 Å². The Hall–Kier alpha value is -1.46. The third kappa shape index (κ3) is 3.30. The minimum atomic E-state index is -0.0265. The Bertz CT molecular complexity index is 322. The quantitative estimate of drug-likeness (QED) is 0.787. The van der Waals surface area contributed by atoms with Crippen LogP contribution in [0.4, 0.5) is 5.95 Å². The Labute approximate surface area is 89.0 Å². The molecule has 0 spiro atoms. The van der Waals surface area contributed by atoms with Gasteiger partial charge in [0, 0.05) is 13.0 Å². The first-order valence-corrected chi connectivity index (χ1v) is 5.18. The van der Waals surface area contributed by atoms with Crippen molar-refractivity contribution in [3.8, 4) is 0 Å². The Morgan fingerprint density at radius 2 is 2.33 bits per heavy atom. The van der Waals surface area contributed by atoms with E-state index in [9.17, 15) is 4.79 Å². The summed E-state index contributed by atoms with van der Waals surface area (Å²) in [4.78, 5) is 11.6. The summed E-state index contributed by atoms with van der Waals surface area (Å²) in [6, 6.07) is 0. The van der Waals surface area contributed by atoms with E-state index in [1.54, 1.807) is 7.05 Å². The lowest BCUT2D eigenvalue weighted by molar-refractivity contribution is -0.119. The van der Waals surface area contributed by atoms with Crippen LogP contribution in [0.3, 0.4) is 0 Å². The molecule has 0 fully saturated rings. The number of aromatic nitrogens is 4. The summed E-state index contributed by atoms with van der Waals surface area (Å²) in [6.45, 7) is 4.02. The van der Waals surface area contributed by atoms with Gasteiger partial charge in [-0.2, -0.15) is 0 Å². The monoisotopic (exact) mass is 211 g/mol. The zero-order chi connectivity index (χ0) is 11.3. The summed E-state index contributed by atoms with van der Waals surface area (Å²) in [5.74, 6) is 0.367. The summed E-state index contributed by atoms with van der Waals surface area (Å²) in [5, 5.41) is 13.5. The van der Waals surface area contributed by atoms with Crippen molar-refractivity contribution in [3.05, 3.63) is 0 Å². The molecule has 1 heterocycles. The van der Waals surface area contributed by atoms with Crippen molar-refractivity contribution >= 4 is 11.9 Å². The van der Waals surface area contributed by atoms with E-state index in [2.05, 4.69) is 27.8 Å². The zero-order valence-electron chi connectivity index (χ0n) is 9.40. The summed E-state index contributed by atoms with van der Waals surface area (Å²) in [5.41, 5.74) is 0. The second-order valence-corrected chi connectivity index (χ2v) is 3.66. The number of carbonyl (C=O) groups is 1. The molecule has 1 atom stereocenters. The smallest absolute Gasteiger partial charge is 0.249 e. The molecule has 6 heteroatoms. The van der Waals surface area contributed by atoms with E-state index in [0.29, 0.717) is 5.95 Å². The van der Waals surface area contributed by atoms with Crippen LogP contribution in [0, 0.1) is 5.92 Å². The molecule has 6 nitrogen and oxygen atoms in total. The van der Waals surface area contributed by atoms with Crippen molar-refractivity contribution in [3.63, 3.8) is 0 Å². The Morgan fingerprint density at radius 1 is 1.60 bits per heavy atom. The summed E-state index contributed by atoms with van der Waals surface area (Å²) in [6.07, 6.45) is 3.06. The molecule has 84 valence electrons. The number of rotatable bonds is 5. The molecule has 0 bridgehead atoms. The van der Waals surface area contributed by atoms with E-state index in [4.69, 9.17) is 0 Å². The number of nitrogens with zero attached hydrogens (tertiary/aromatic N) is 4. The van der Waals surface area contributed by atoms with E-state index < -0.39 is 0 Å². The average Bonchev–Trinajstić information content (AvgIpc) is 2.61. The zero-order valence-corrected chi connectivity index (χ0v) is 9.40. The van der Waals surface area contributed by atoms with Crippen LogP contribution in [-0.2, 0) is 11.8 Å². The van der Waals surface area contributed by atoms with Crippen molar-refractivity contribution < 1.29 is 4.79 Å². The highest BCUT2D eigenvalue weighted by atomic mass is 16.2. The number of hydrogen-bond acceptors (Lipinski definition) is 4. The maximum Gasteiger partial charge on any atom is 0.249 e. The van der Waals surface area contributed by atoms with Crippen LogP contribution >= 0.6 is 0 Å². The predicted molar refractivity (Wildman–Crippen MR) is 56.1 cm³/mol. The molecule has 1 rings (SSSR count). The van der Waals surface area contributed by atoms with Crippen molar-refractivity contribution in [1.29, 1.82) is 0 Å². The van der Waals surface area contributed by atoms with Gasteiger partial charge in [-0.1, -0.05) is 31.8 Å². The van der Waals surface area contributed by atoms with Gasteiger partial charge in [0.25, 0.3) is 0 Å². The first-order valence-electron chi connectivity index (χ1n) is 5.18. The molecule has 0 aromatic carbocycles. The molecule has 0 aliphatic heterocycles. The lowest BCUT2D eigenvalue weighted by Crippen LogP contribution is -2.22. The number of nitrogens with one attached hydrogen (secondary N) is 1.